The van der Waals surface area contributed by atoms with Crippen molar-refractivity contribution in [1.82, 2.24) is 10.8 Å². The fourth-order valence-corrected chi connectivity index (χ4v) is 0.949. The molecule has 1 fully saturated rings. The molecule has 0 aromatic carbocycles. The molecule has 0 aromatic rings. The summed E-state index contributed by atoms with van der Waals surface area (Å²) in [5.41, 5.74) is 2.36. The quantitative estimate of drug-likeness (QED) is 0.550. The Morgan fingerprint density at radius 2 is 2.45 bits per heavy atom. The predicted molar refractivity (Wildman–Crippen MR) is 40.7 cm³/mol. The number of hydroxylamine groups is 1. The van der Waals surface area contributed by atoms with Crippen LogP contribution in [-0.4, -0.2) is 25.6 Å². The van der Waals surface area contributed by atoms with Gasteiger partial charge in [-0.05, 0) is 25.9 Å². The summed E-state index contributed by atoms with van der Waals surface area (Å²) in [5, 5.41) is 3.10. The van der Waals surface area contributed by atoms with Crippen LogP contribution in [-0.2, 0) is 9.63 Å². The molecule has 0 aliphatic carbocycles. The van der Waals surface area contributed by atoms with Gasteiger partial charge in [-0.25, -0.2) is 5.48 Å². The van der Waals surface area contributed by atoms with E-state index in [-0.39, 0.29) is 5.91 Å². The average molecular weight is 158 g/mol. The van der Waals surface area contributed by atoms with Crippen LogP contribution in [0.2, 0.25) is 0 Å². The van der Waals surface area contributed by atoms with E-state index in [0.29, 0.717) is 18.9 Å². The van der Waals surface area contributed by atoms with E-state index in [1.165, 1.54) is 0 Å². The van der Waals surface area contributed by atoms with Crippen LogP contribution in [0.1, 0.15) is 13.3 Å². The monoisotopic (exact) mass is 158 g/mol. The van der Waals surface area contributed by atoms with Crippen molar-refractivity contribution in [2.45, 2.75) is 13.3 Å². The van der Waals surface area contributed by atoms with Gasteiger partial charge >= 0.3 is 0 Å². The summed E-state index contributed by atoms with van der Waals surface area (Å²) in [6.07, 6.45) is 0.576. The van der Waals surface area contributed by atoms with E-state index in [0.717, 1.165) is 13.1 Å². The minimum atomic E-state index is -0.0154. The third-order valence-corrected chi connectivity index (χ3v) is 1.67. The van der Waals surface area contributed by atoms with Gasteiger partial charge in [0.25, 0.3) is 0 Å². The Balaban J connectivity index is 2.00. The van der Waals surface area contributed by atoms with Crippen molar-refractivity contribution in [2.75, 3.05) is 19.7 Å². The van der Waals surface area contributed by atoms with E-state index in [9.17, 15) is 4.79 Å². The molecular formula is C7H14N2O2. The van der Waals surface area contributed by atoms with E-state index in [2.05, 4.69) is 10.8 Å². The van der Waals surface area contributed by atoms with Gasteiger partial charge in [0.2, 0.25) is 5.91 Å². The van der Waals surface area contributed by atoms with Crippen LogP contribution in [0.3, 0.4) is 0 Å². The number of amides is 1. The summed E-state index contributed by atoms with van der Waals surface area (Å²) < 4.78 is 0. The fourth-order valence-electron chi connectivity index (χ4n) is 0.949. The molecule has 0 radical (unpaired) electrons. The summed E-state index contributed by atoms with van der Waals surface area (Å²) in [5.74, 6) is 0.494. The van der Waals surface area contributed by atoms with E-state index in [1.807, 2.05) is 6.92 Å². The molecule has 0 bridgehead atoms. The Morgan fingerprint density at radius 1 is 1.73 bits per heavy atom. The number of carbonyl (C=O) groups excluding carboxylic acids is 1. The highest BCUT2D eigenvalue weighted by Gasteiger charge is 2.19. The normalized spacial score (nSPS) is 17.5. The molecule has 64 valence electrons. The lowest BCUT2D eigenvalue weighted by Crippen LogP contribution is -2.44. The van der Waals surface area contributed by atoms with Crippen molar-refractivity contribution < 1.29 is 9.63 Å². The van der Waals surface area contributed by atoms with E-state index >= 15 is 0 Å². The molecule has 4 nitrogen and oxygen atoms in total. The molecule has 1 amide bonds. The molecule has 0 unspecified atom stereocenters. The second-order valence-electron chi connectivity index (χ2n) is 2.69. The maximum atomic E-state index is 10.9. The van der Waals surface area contributed by atoms with Gasteiger partial charge in [0.1, 0.15) is 0 Å². The van der Waals surface area contributed by atoms with Crippen molar-refractivity contribution >= 4 is 5.91 Å². The zero-order valence-corrected chi connectivity index (χ0v) is 6.72. The van der Waals surface area contributed by atoms with Crippen LogP contribution in [0.25, 0.3) is 0 Å². The van der Waals surface area contributed by atoms with Crippen molar-refractivity contribution in [2.24, 2.45) is 5.92 Å². The molecule has 0 saturated carbocycles. The molecule has 2 N–H and O–H groups in total. The van der Waals surface area contributed by atoms with Crippen LogP contribution < -0.4 is 10.8 Å². The van der Waals surface area contributed by atoms with Crippen LogP contribution in [0.5, 0.6) is 0 Å². The lowest BCUT2D eigenvalue weighted by atomic mass is 9.99. The first-order valence-corrected chi connectivity index (χ1v) is 3.94. The first-order chi connectivity index (χ1) is 5.33. The molecule has 0 spiro atoms. The second-order valence-corrected chi connectivity index (χ2v) is 2.69. The predicted octanol–water partition coefficient (Wildman–Crippen LogP) is -0.336. The Hall–Kier alpha value is -0.610. The molecule has 1 heterocycles. The van der Waals surface area contributed by atoms with Gasteiger partial charge in [-0.15, -0.1) is 0 Å². The third-order valence-electron chi connectivity index (χ3n) is 1.67. The van der Waals surface area contributed by atoms with Crippen molar-refractivity contribution in [3.63, 3.8) is 0 Å². The van der Waals surface area contributed by atoms with E-state index in [1.54, 1.807) is 0 Å². The fraction of sp³-hybridized carbons (Fsp3) is 0.857. The maximum Gasteiger partial charge on any atom is 0.243 e. The third kappa shape index (κ3) is 2.86. The molecular weight excluding hydrogens is 144 g/mol. The maximum absolute atomic E-state index is 10.9. The molecule has 1 aliphatic heterocycles. The van der Waals surface area contributed by atoms with Gasteiger partial charge < -0.3 is 5.32 Å². The highest BCUT2D eigenvalue weighted by atomic mass is 16.6. The number of nitrogens with one attached hydrogen (secondary N) is 2. The Kier molecular flexibility index (Phi) is 3.32. The van der Waals surface area contributed by atoms with E-state index < -0.39 is 0 Å². The zero-order chi connectivity index (χ0) is 8.10. The standard InChI is InChI=1S/C7H14N2O2/c1-2-11-9-7(10)3-6-4-8-5-6/h6,8H,2-5H2,1H3,(H,9,10). The lowest BCUT2D eigenvalue weighted by molar-refractivity contribution is -0.134. The van der Waals surface area contributed by atoms with E-state index in [4.69, 9.17) is 4.84 Å². The van der Waals surface area contributed by atoms with Gasteiger partial charge in [-0.3, -0.25) is 9.63 Å². The highest BCUT2D eigenvalue weighted by Crippen LogP contribution is 2.07. The minimum absolute atomic E-state index is 0.0154. The summed E-state index contributed by atoms with van der Waals surface area (Å²) >= 11 is 0. The second kappa shape index (κ2) is 4.31. The van der Waals surface area contributed by atoms with Crippen molar-refractivity contribution in [3.05, 3.63) is 0 Å². The number of carbonyl (C=O) groups is 1. The van der Waals surface area contributed by atoms with Crippen LogP contribution in [0.4, 0.5) is 0 Å². The molecule has 1 aliphatic rings. The topological polar surface area (TPSA) is 50.4 Å². The zero-order valence-electron chi connectivity index (χ0n) is 6.72. The van der Waals surface area contributed by atoms with Crippen molar-refractivity contribution in [3.8, 4) is 0 Å². The van der Waals surface area contributed by atoms with Gasteiger partial charge in [-0.1, -0.05) is 0 Å². The van der Waals surface area contributed by atoms with Gasteiger partial charge in [0.05, 0.1) is 6.61 Å². The van der Waals surface area contributed by atoms with Crippen LogP contribution in [0.15, 0.2) is 0 Å². The number of hydrogen-bond donors (Lipinski definition) is 2. The van der Waals surface area contributed by atoms with Gasteiger partial charge in [-0.2, -0.15) is 0 Å². The molecule has 0 atom stereocenters. The Morgan fingerprint density at radius 3 is 2.91 bits per heavy atom. The van der Waals surface area contributed by atoms with Gasteiger partial charge in [0, 0.05) is 6.42 Å². The smallest absolute Gasteiger partial charge is 0.243 e. The first-order valence-electron chi connectivity index (χ1n) is 3.94. The molecule has 1 saturated heterocycles. The summed E-state index contributed by atoms with van der Waals surface area (Å²) in [6.45, 7) is 4.28. The summed E-state index contributed by atoms with van der Waals surface area (Å²) in [7, 11) is 0. The highest BCUT2D eigenvalue weighted by molar-refractivity contribution is 5.75. The number of rotatable bonds is 4. The summed E-state index contributed by atoms with van der Waals surface area (Å²) in [6, 6.07) is 0. The summed E-state index contributed by atoms with van der Waals surface area (Å²) in [4.78, 5) is 15.7. The largest absolute Gasteiger partial charge is 0.316 e. The first kappa shape index (κ1) is 8.49. The van der Waals surface area contributed by atoms with Crippen molar-refractivity contribution in [1.29, 1.82) is 0 Å². The lowest BCUT2D eigenvalue weighted by Gasteiger charge is -2.26. The average Bonchev–Trinajstić information content (AvgIpc) is 1.93. The molecule has 0 aromatic heterocycles. The van der Waals surface area contributed by atoms with Gasteiger partial charge in [0.15, 0.2) is 0 Å². The number of hydrogen-bond acceptors (Lipinski definition) is 3. The molecule has 1 rings (SSSR count). The molecule has 11 heavy (non-hydrogen) atoms. The van der Waals surface area contributed by atoms with Crippen LogP contribution in [0, 0.1) is 5.92 Å². The minimum Gasteiger partial charge on any atom is -0.316 e. The Bertz CT molecular complexity index is 134. The van der Waals surface area contributed by atoms with Crippen LogP contribution >= 0.6 is 0 Å². The SMILES string of the molecule is CCONC(=O)CC1CNC1. The molecule has 4 heteroatoms. The Labute approximate surface area is 66.3 Å².